The van der Waals surface area contributed by atoms with Crippen LogP contribution in [0.4, 0.5) is 0 Å². The van der Waals surface area contributed by atoms with E-state index in [0.717, 1.165) is 23.3 Å². The number of phenolic OH excluding ortho intramolecular Hbond substituents is 1. The number of nitrogens with zero attached hydrogens (tertiary/aromatic N) is 2. The first kappa shape index (κ1) is 14.5. The number of benzene rings is 2. The SMILES string of the molecule is Cc1ccc(C2=NN(C(N)=S)C(c3ccc(O)cc3)C2)cc1. The Morgan fingerprint density at radius 2 is 1.82 bits per heavy atom. The van der Waals surface area contributed by atoms with Crippen LogP contribution in [0.1, 0.15) is 29.2 Å². The van der Waals surface area contributed by atoms with Gasteiger partial charge in [0.25, 0.3) is 0 Å². The zero-order chi connectivity index (χ0) is 15.7. The molecular weight excluding hydrogens is 294 g/mol. The van der Waals surface area contributed by atoms with E-state index in [1.807, 2.05) is 12.1 Å². The third-order valence-electron chi connectivity index (χ3n) is 3.80. The van der Waals surface area contributed by atoms with Crippen molar-refractivity contribution in [2.75, 3.05) is 0 Å². The first-order chi connectivity index (χ1) is 10.5. The Morgan fingerprint density at radius 1 is 1.18 bits per heavy atom. The molecule has 0 saturated carbocycles. The number of rotatable bonds is 2. The van der Waals surface area contributed by atoms with E-state index in [1.165, 1.54) is 5.56 Å². The second kappa shape index (κ2) is 5.77. The highest BCUT2D eigenvalue weighted by Gasteiger charge is 2.30. The molecule has 2 aromatic rings. The lowest BCUT2D eigenvalue weighted by Crippen LogP contribution is -2.31. The first-order valence-electron chi connectivity index (χ1n) is 7.07. The molecule has 1 aliphatic rings. The van der Waals surface area contributed by atoms with Gasteiger partial charge in [-0.15, -0.1) is 0 Å². The Morgan fingerprint density at radius 3 is 2.41 bits per heavy atom. The number of nitrogens with two attached hydrogens (primary N) is 1. The van der Waals surface area contributed by atoms with Crippen molar-refractivity contribution in [2.24, 2.45) is 10.8 Å². The summed E-state index contributed by atoms with van der Waals surface area (Å²) in [6.45, 7) is 2.06. The number of hydrogen-bond donors (Lipinski definition) is 2. The largest absolute Gasteiger partial charge is 0.508 e. The maximum Gasteiger partial charge on any atom is 0.187 e. The van der Waals surface area contributed by atoms with Gasteiger partial charge in [0, 0.05) is 6.42 Å². The molecule has 0 amide bonds. The lowest BCUT2D eigenvalue weighted by Gasteiger charge is -2.21. The molecule has 112 valence electrons. The molecule has 0 saturated heterocycles. The Balaban J connectivity index is 1.92. The predicted molar refractivity (Wildman–Crippen MR) is 91.8 cm³/mol. The second-order valence-corrected chi connectivity index (χ2v) is 5.83. The van der Waals surface area contributed by atoms with Crippen molar-refractivity contribution in [1.29, 1.82) is 0 Å². The van der Waals surface area contributed by atoms with Gasteiger partial charge in [-0.05, 0) is 42.4 Å². The van der Waals surface area contributed by atoms with Crippen LogP contribution in [0.3, 0.4) is 0 Å². The molecule has 4 nitrogen and oxygen atoms in total. The van der Waals surface area contributed by atoms with E-state index in [0.29, 0.717) is 0 Å². The standard InChI is InChI=1S/C17H17N3OS/c1-11-2-4-12(5-3-11)15-10-16(20(19-15)17(18)22)13-6-8-14(21)9-7-13/h2-9,16,21H,10H2,1H3,(H2,18,22). The number of hydrogen-bond acceptors (Lipinski definition) is 3. The fourth-order valence-corrected chi connectivity index (χ4v) is 2.76. The molecule has 1 atom stereocenters. The summed E-state index contributed by atoms with van der Waals surface area (Å²) < 4.78 is 0. The lowest BCUT2D eigenvalue weighted by atomic mass is 9.98. The molecule has 0 fully saturated rings. The van der Waals surface area contributed by atoms with Gasteiger partial charge in [-0.3, -0.25) is 0 Å². The van der Waals surface area contributed by atoms with E-state index in [2.05, 4.69) is 36.3 Å². The van der Waals surface area contributed by atoms with Gasteiger partial charge in [-0.2, -0.15) is 5.10 Å². The number of hydrazone groups is 1. The minimum atomic E-state index is -0.0330. The van der Waals surface area contributed by atoms with Crippen LogP contribution in [-0.4, -0.2) is 20.9 Å². The van der Waals surface area contributed by atoms with Gasteiger partial charge in [0.1, 0.15) is 5.75 Å². The van der Waals surface area contributed by atoms with Crippen LogP contribution in [0.2, 0.25) is 0 Å². The maximum absolute atomic E-state index is 9.44. The summed E-state index contributed by atoms with van der Waals surface area (Å²) in [6.07, 6.45) is 0.727. The summed E-state index contributed by atoms with van der Waals surface area (Å²) in [5, 5.41) is 16.0. The van der Waals surface area contributed by atoms with Crippen LogP contribution in [0.15, 0.2) is 53.6 Å². The Bertz CT molecular complexity index is 723. The van der Waals surface area contributed by atoms with E-state index < -0.39 is 0 Å². The monoisotopic (exact) mass is 311 g/mol. The van der Waals surface area contributed by atoms with Crippen molar-refractivity contribution in [1.82, 2.24) is 5.01 Å². The fourth-order valence-electron chi connectivity index (χ4n) is 2.59. The van der Waals surface area contributed by atoms with Crippen molar-refractivity contribution in [3.05, 3.63) is 65.2 Å². The maximum atomic E-state index is 9.44. The summed E-state index contributed by atoms with van der Waals surface area (Å²) in [6, 6.07) is 15.3. The van der Waals surface area contributed by atoms with Crippen LogP contribution in [0.5, 0.6) is 5.75 Å². The Kier molecular flexibility index (Phi) is 3.81. The van der Waals surface area contributed by atoms with Gasteiger partial charge >= 0.3 is 0 Å². The van der Waals surface area contributed by atoms with Crippen LogP contribution in [0, 0.1) is 6.92 Å². The Hall–Kier alpha value is -2.40. The fraction of sp³-hybridized carbons (Fsp3) is 0.176. The zero-order valence-corrected chi connectivity index (χ0v) is 13.0. The van der Waals surface area contributed by atoms with Gasteiger partial charge in [-0.25, -0.2) is 5.01 Å². The lowest BCUT2D eigenvalue weighted by molar-refractivity contribution is 0.372. The molecule has 0 aromatic heterocycles. The molecule has 1 aliphatic heterocycles. The van der Waals surface area contributed by atoms with Crippen molar-refractivity contribution in [3.63, 3.8) is 0 Å². The van der Waals surface area contributed by atoms with Gasteiger partial charge in [-0.1, -0.05) is 42.0 Å². The summed E-state index contributed by atoms with van der Waals surface area (Å²) in [7, 11) is 0. The average molecular weight is 311 g/mol. The number of aromatic hydroxyl groups is 1. The van der Waals surface area contributed by atoms with Crippen LogP contribution < -0.4 is 5.73 Å². The summed E-state index contributed by atoms with van der Waals surface area (Å²) >= 11 is 5.13. The molecule has 1 unspecified atom stereocenters. The van der Waals surface area contributed by atoms with Crippen molar-refractivity contribution in [2.45, 2.75) is 19.4 Å². The molecule has 5 heteroatoms. The molecule has 0 aliphatic carbocycles. The van der Waals surface area contributed by atoms with Gasteiger partial charge in [0.05, 0.1) is 11.8 Å². The highest BCUT2D eigenvalue weighted by atomic mass is 32.1. The number of phenols is 1. The summed E-state index contributed by atoms with van der Waals surface area (Å²) in [5.74, 6) is 0.239. The Labute approximate surface area is 134 Å². The average Bonchev–Trinajstić information content (AvgIpc) is 2.94. The minimum absolute atomic E-state index is 0.0330. The van der Waals surface area contributed by atoms with Crippen molar-refractivity contribution < 1.29 is 5.11 Å². The van der Waals surface area contributed by atoms with Crippen LogP contribution >= 0.6 is 12.2 Å². The molecule has 1 heterocycles. The molecule has 2 aromatic carbocycles. The highest BCUT2D eigenvalue weighted by Crippen LogP contribution is 2.33. The first-order valence-corrected chi connectivity index (χ1v) is 7.47. The summed E-state index contributed by atoms with van der Waals surface area (Å²) in [5.41, 5.74) is 10.1. The molecule has 22 heavy (non-hydrogen) atoms. The van der Waals surface area contributed by atoms with Crippen LogP contribution in [0.25, 0.3) is 0 Å². The molecule has 3 N–H and O–H groups in total. The van der Waals surface area contributed by atoms with Crippen LogP contribution in [-0.2, 0) is 0 Å². The van der Waals surface area contributed by atoms with E-state index in [1.54, 1.807) is 17.1 Å². The van der Waals surface area contributed by atoms with E-state index in [9.17, 15) is 5.11 Å². The van der Waals surface area contributed by atoms with E-state index >= 15 is 0 Å². The molecular formula is C17H17N3OS. The van der Waals surface area contributed by atoms with Crippen molar-refractivity contribution >= 4 is 23.0 Å². The minimum Gasteiger partial charge on any atom is -0.508 e. The van der Waals surface area contributed by atoms with Gasteiger partial charge in [0.2, 0.25) is 0 Å². The van der Waals surface area contributed by atoms with E-state index in [4.69, 9.17) is 18.0 Å². The quantitative estimate of drug-likeness (QED) is 0.837. The summed E-state index contributed by atoms with van der Waals surface area (Å²) in [4.78, 5) is 0. The smallest absolute Gasteiger partial charge is 0.187 e. The predicted octanol–water partition coefficient (Wildman–Crippen LogP) is 3.10. The third kappa shape index (κ3) is 2.80. The van der Waals surface area contributed by atoms with E-state index in [-0.39, 0.29) is 16.9 Å². The number of aryl methyl sites for hydroxylation is 1. The number of thiocarbonyl (C=S) groups is 1. The third-order valence-corrected chi connectivity index (χ3v) is 3.99. The highest BCUT2D eigenvalue weighted by molar-refractivity contribution is 7.80. The normalized spacial score (nSPS) is 17.4. The van der Waals surface area contributed by atoms with Gasteiger partial charge < -0.3 is 10.8 Å². The van der Waals surface area contributed by atoms with Gasteiger partial charge in [0.15, 0.2) is 5.11 Å². The molecule has 3 rings (SSSR count). The topological polar surface area (TPSA) is 61.8 Å². The molecule has 0 spiro atoms. The molecule has 0 radical (unpaired) electrons. The zero-order valence-electron chi connectivity index (χ0n) is 12.2. The second-order valence-electron chi connectivity index (χ2n) is 5.41. The van der Waals surface area contributed by atoms with Crippen molar-refractivity contribution in [3.8, 4) is 5.75 Å². The molecule has 0 bridgehead atoms.